The standard InChI is InChI=1S/C27H34O8/c1-26(2,31)8-6-9-27(3)10-7-16-20(35-27)14-21-23(24(16)30)17(28)13-19(34-21)15-11-18(29)25(33-5)22(12-15)32-4/h11-12,14,19,29-31H,6-10,13H2,1-5H3/t19-,27?/m0/s1. The Balaban J connectivity index is 1.62. The van der Waals surface area contributed by atoms with E-state index in [0.717, 1.165) is 12.8 Å². The molecule has 0 bridgehead atoms. The molecule has 2 heterocycles. The number of aromatic hydroxyl groups is 2. The minimum Gasteiger partial charge on any atom is -0.507 e. The molecule has 0 spiro atoms. The molecule has 3 N–H and O–H groups in total. The van der Waals surface area contributed by atoms with Crippen molar-refractivity contribution >= 4 is 5.78 Å². The fourth-order valence-corrected chi connectivity index (χ4v) is 4.94. The van der Waals surface area contributed by atoms with Crippen LogP contribution < -0.4 is 18.9 Å². The number of ether oxygens (including phenoxy) is 4. The van der Waals surface area contributed by atoms with Gasteiger partial charge in [-0.1, -0.05) is 0 Å². The summed E-state index contributed by atoms with van der Waals surface area (Å²) >= 11 is 0. The fourth-order valence-electron chi connectivity index (χ4n) is 4.94. The summed E-state index contributed by atoms with van der Waals surface area (Å²) in [6.45, 7) is 5.61. The summed E-state index contributed by atoms with van der Waals surface area (Å²) in [5.41, 5.74) is 0.143. The highest BCUT2D eigenvalue weighted by Crippen LogP contribution is 2.50. The van der Waals surface area contributed by atoms with E-state index >= 15 is 0 Å². The third-order valence-electron chi connectivity index (χ3n) is 6.86. The van der Waals surface area contributed by atoms with Crippen LogP contribution in [0, 0.1) is 0 Å². The zero-order valence-electron chi connectivity index (χ0n) is 20.9. The minimum absolute atomic E-state index is 0.00376. The van der Waals surface area contributed by atoms with E-state index in [4.69, 9.17) is 18.9 Å². The number of ketones is 1. The molecule has 0 fully saturated rings. The van der Waals surface area contributed by atoms with Crippen LogP contribution in [0.15, 0.2) is 18.2 Å². The summed E-state index contributed by atoms with van der Waals surface area (Å²) < 4.78 is 23.0. The van der Waals surface area contributed by atoms with Crippen LogP contribution >= 0.6 is 0 Å². The van der Waals surface area contributed by atoms with Gasteiger partial charge in [0.05, 0.1) is 26.2 Å². The number of carbonyl (C=O) groups is 1. The van der Waals surface area contributed by atoms with Gasteiger partial charge < -0.3 is 34.3 Å². The lowest BCUT2D eigenvalue weighted by molar-refractivity contribution is 0.0328. The highest BCUT2D eigenvalue weighted by Gasteiger charge is 2.38. The molecule has 8 nitrogen and oxygen atoms in total. The quantitative estimate of drug-likeness (QED) is 0.509. The Bertz CT molecular complexity index is 1130. The van der Waals surface area contributed by atoms with Crippen LogP contribution in [-0.4, -0.2) is 46.5 Å². The Hall–Kier alpha value is -3.13. The average Bonchev–Trinajstić information content (AvgIpc) is 2.76. The van der Waals surface area contributed by atoms with Crippen LogP contribution in [-0.2, 0) is 6.42 Å². The minimum atomic E-state index is -0.734. The fraction of sp³-hybridized carbons (Fsp3) is 0.519. The molecule has 0 aliphatic carbocycles. The molecule has 0 saturated carbocycles. The number of methoxy groups -OCH3 is 2. The van der Waals surface area contributed by atoms with Gasteiger partial charge in [-0.2, -0.15) is 0 Å². The number of phenols is 2. The van der Waals surface area contributed by atoms with Gasteiger partial charge in [-0.25, -0.2) is 0 Å². The van der Waals surface area contributed by atoms with E-state index in [1.165, 1.54) is 20.3 Å². The van der Waals surface area contributed by atoms with Crippen molar-refractivity contribution in [3.8, 4) is 34.5 Å². The van der Waals surface area contributed by atoms with Gasteiger partial charge in [-0.05, 0) is 65.0 Å². The van der Waals surface area contributed by atoms with Crippen LogP contribution in [0.25, 0.3) is 0 Å². The Morgan fingerprint density at radius 2 is 1.89 bits per heavy atom. The average molecular weight is 487 g/mol. The predicted molar refractivity (Wildman–Crippen MR) is 129 cm³/mol. The van der Waals surface area contributed by atoms with E-state index in [1.807, 2.05) is 6.92 Å². The van der Waals surface area contributed by atoms with E-state index in [0.29, 0.717) is 41.9 Å². The SMILES string of the molecule is COc1cc([C@@H]2CC(=O)c3c(cc4c(c3O)CCC(C)(CCCC(C)(C)O)O4)O2)cc(O)c1OC. The van der Waals surface area contributed by atoms with Gasteiger partial charge in [-0.3, -0.25) is 4.79 Å². The van der Waals surface area contributed by atoms with E-state index in [1.54, 1.807) is 26.0 Å². The molecule has 2 aromatic carbocycles. The summed E-state index contributed by atoms with van der Waals surface area (Å²) in [4.78, 5) is 13.1. The summed E-state index contributed by atoms with van der Waals surface area (Å²) in [5.74, 6) is 0.811. The first-order valence-corrected chi connectivity index (χ1v) is 11.9. The van der Waals surface area contributed by atoms with Crippen LogP contribution in [0.4, 0.5) is 0 Å². The van der Waals surface area contributed by atoms with Crippen molar-refractivity contribution in [2.24, 2.45) is 0 Å². The maximum atomic E-state index is 13.1. The Labute approximate surface area is 205 Å². The van der Waals surface area contributed by atoms with Gasteiger partial charge in [0.2, 0.25) is 5.75 Å². The lowest BCUT2D eigenvalue weighted by atomic mass is 9.85. The van der Waals surface area contributed by atoms with Gasteiger partial charge in [-0.15, -0.1) is 0 Å². The summed E-state index contributed by atoms with van der Waals surface area (Å²) in [5, 5.41) is 31.3. The van der Waals surface area contributed by atoms with E-state index < -0.39 is 17.3 Å². The molecular formula is C27H34O8. The molecule has 2 aliphatic heterocycles. The normalized spacial score (nSPS) is 21.4. The molecule has 0 radical (unpaired) electrons. The zero-order valence-corrected chi connectivity index (χ0v) is 20.9. The first-order chi connectivity index (χ1) is 16.4. The smallest absolute Gasteiger partial charge is 0.203 e. The van der Waals surface area contributed by atoms with Crippen LogP contribution in [0.1, 0.15) is 80.5 Å². The predicted octanol–water partition coefficient (Wildman–Crippen LogP) is 4.85. The van der Waals surface area contributed by atoms with E-state index in [2.05, 4.69) is 0 Å². The van der Waals surface area contributed by atoms with Crippen molar-refractivity contribution in [2.45, 2.75) is 76.6 Å². The maximum absolute atomic E-state index is 13.1. The largest absolute Gasteiger partial charge is 0.507 e. The van der Waals surface area contributed by atoms with Crippen LogP contribution in [0.5, 0.6) is 34.5 Å². The Morgan fingerprint density at radius 3 is 2.54 bits per heavy atom. The van der Waals surface area contributed by atoms with Gasteiger partial charge in [0, 0.05) is 17.2 Å². The first kappa shape index (κ1) is 25.0. The van der Waals surface area contributed by atoms with Gasteiger partial charge in [0.15, 0.2) is 17.3 Å². The number of rotatable bonds is 7. The van der Waals surface area contributed by atoms with Crippen molar-refractivity contribution < 1.29 is 39.1 Å². The number of hydrogen-bond acceptors (Lipinski definition) is 8. The Morgan fingerprint density at radius 1 is 1.14 bits per heavy atom. The first-order valence-electron chi connectivity index (χ1n) is 11.9. The second-order valence-electron chi connectivity index (χ2n) is 10.3. The molecule has 2 aromatic rings. The van der Waals surface area contributed by atoms with Gasteiger partial charge in [0.1, 0.15) is 34.5 Å². The summed E-state index contributed by atoms with van der Waals surface area (Å²) in [6.07, 6.45) is 2.80. The number of Topliss-reactive ketones (excluding diaryl/α,β-unsaturated/α-hetero) is 1. The number of hydrogen-bond donors (Lipinski definition) is 3. The summed E-state index contributed by atoms with van der Waals surface area (Å²) in [6, 6.07) is 4.83. The molecule has 4 rings (SSSR count). The second-order valence-corrected chi connectivity index (χ2v) is 10.3. The molecule has 0 saturated heterocycles. The molecular weight excluding hydrogens is 452 g/mol. The lowest BCUT2D eigenvalue weighted by Gasteiger charge is -2.38. The molecule has 1 unspecified atom stereocenters. The van der Waals surface area contributed by atoms with Crippen LogP contribution in [0.3, 0.4) is 0 Å². The van der Waals surface area contributed by atoms with Crippen molar-refractivity contribution in [1.29, 1.82) is 0 Å². The van der Waals surface area contributed by atoms with E-state index in [9.17, 15) is 20.1 Å². The highest BCUT2D eigenvalue weighted by molar-refractivity contribution is 6.03. The van der Waals surface area contributed by atoms with E-state index in [-0.39, 0.29) is 40.8 Å². The molecule has 190 valence electrons. The topological polar surface area (TPSA) is 115 Å². The molecule has 35 heavy (non-hydrogen) atoms. The summed E-state index contributed by atoms with van der Waals surface area (Å²) in [7, 11) is 2.89. The molecule has 0 amide bonds. The maximum Gasteiger partial charge on any atom is 0.203 e. The lowest BCUT2D eigenvalue weighted by Crippen LogP contribution is -2.37. The van der Waals surface area contributed by atoms with Crippen molar-refractivity contribution in [3.05, 3.63) is 34.9 Å². The monoisotopic (exact) mass is 486 g/mol. The molecule has 8 heteroatoms. The highest BCUT2D eigenvalue weighted by atomic mass is 16.5. The third-order valence-corrected chi connectivity index (χ3v) is 6.86. The van der Waals surface area contributed by atoms with Crippen LogP contribution in [0.2, 0.25) is 0 Å². The molecule has 0 aromatic heterocycles. The number of benzene rings is 2. The van der Waals surface area contributed by atoms with Crippen molar-refractivity contribution in [3.63, 3.8) is 0 Å². The second kappa shape index (κ2) is 9.15. The van der Waals surface area contributed by atoms with Gasteiger partial charge in [0.25, 0.3) is 0 Å². The number of phenolic OH excluding ortho intramolecular Hbond substituents is 2. The number of aliphatic hydroxyl groups is 1. The van der Waals surface area contributed by atoms with Crippen molar-refractivity contribution in [1.82, 2.24) is 0 Å². The molecule has 2 aliphatic rings. The van der Waals surface area contributed by atoms with Crippen molar-refractivity contribution in [2.75, 3.05) is 14.2 Å². The number of carbonyl (C=O) groups excluding carboxylic acids is 1. The zero-order chi connectivity index (χ0) is 25.5. The molecule has 2 atom stereocenters. The third kappa shape index (κ3) is 4.98. The number of fused-ring (bicyclic) bond motifs is 2. The van der Waals surface area contributed by atoms with Gasteiger partial charge >= 0.3 is 0 Å². The Kier molecular flexibility index (Phi) is 6.53.